The summed E-state index contributed by atoms with van der Waals surface area (Å²) in [5.74, 6) is 0.419. The Morgan fingerprint density at radius 3 is 2.86 bits per heavy atom. The zero-order valence-electron chi connectivity index (χ0n) is 12.5. The Kier molecular flexibility index (Phi) is 5.63. The van der Waals surface area contributed by atoms with Crippen LogP contribution in [0, 0.1) is 0 Å². The average molecular weight is 367 g/mol. The predicted molar refractivity (Wildman–Crippen MR) is 88.0 cm³/mol. The summed E-state index contributed by atoms with van der Waals surface area (Å²) in [6, 6.07) is 8.97. The van der Waals surface area contributed by atoms with Gasteiger partial charge in [-0.3, -0.25) is 4.79 Å². The molecule has 22 heavy (non-hydrogen) atoms. The second-order valence-electron chi connectivity index (χ2n) is 4.95. The van der Waals surface area contributed by atoms with Crippen LogP contribution in [0.4, 0.5) is 0 Å². The van der Waals surface area contributed by atoms with E-state index in [0.29, 0.717) is 28.8 Å². The number of methoxy groups -OCH3 is 1. The SMILES string of the molecule is COc1ccc(Br)c(C(=O)NCC[C@H](O)c2cccn2C)c1. The first-order valence-corrected chi connectivity index (χ1v) is 7.73. The number of carbonyl (C=O) groups is 1. The number of halogens is 1. The van der Waals surface area contributed by atoms with Gasteiger partial charge in [-0.1, -0.05) is 0 Å². The van der Waals surface area contributed by atoms with Gasteiger partial charge in [0.2, 0.25) is 0 Å². The summed E-state index contributed by atoms with van der Waals surface area (Å²) in [5, 5.41) is 12.9. The Balaban J connectivity index is 1.92. The molecule has 2 N–H and O–H groups in total. The van der Waals surface area contributed by atoms with Gasteiger partial charge in [-0.05, 0) is 52.7 Å². The molecular weight excluding hydrogens is 348 g/mol. The van der Waals surface area contributed by atoms with E-state index in [0.717, 1.165) is 5.69 Å². The third-order valence-corrected chi connectivity index (χ3v) is 4.14. The lowest BCUT2D eigenvalue weighted by molar-refractivity contribution is 0.0940. The molecule has 1 aromatic carbocycles. The highest BCUT2D eigenvalue weighted by Gasteiger charge is 2.13. The molecule has 2 aromatic rings. The Morgan fingerprint density at radius 1 is 1.45 bits per heavy atom. The Bertz CT molecular complexity index is 655. The van der Waals surface area contributed by atoms with Gasteiger partial charge in [-0.2, -0.15) is 0 Å². The van der Waals surface area contributed by atoms with Crippen LogP contribution in [0.2, 0.25) is 0 Å². The molecule has 1 atom stereocenters. The molecule has 0 unspecified atom stereocenters. The number of ether oxygens (including phenoxy) is 1. The van der Waals surface area contributed by atoms with Gasteiger partial charge in [0.1, 0.15) is 5.75 Å². The fraction of sp³-hybridized carbons (Fsp3) is 0.312. The summed E-state index contributed by atoms with van der Waals surface area (Å²) in [5.41, 5.74) is 1.34. The number of aliphatic hydroxyl groups is 1. The fourth-order valence-corrected chi connectivity index (χ4v) is 2.62. The largest absolute Gasteiger partial charge is 0.497 e. The maximum atomic E-state index is 12.2. The van der Waals surface area contributed by atoms with E-state index in [4.69, 9.17) is 4.74 Å². The van der Waals surface area contributed by atoms with E-state index in [1.807, 2.05) is 29.9 Å². The standard InChI is InChI=1S/C16H19BrN2O3/c1-19-9-3-4-14(19)15(20)7-8-18-16(21)12-10-11(22-2)5-6-13(12)17/h3-6,9-10,15,20H,7-8H2,1-2H3,(H,18,21)/t15-/m0/s1. The first kappa shape index (κ1) is 16.6. The van der Waals surface area contributed by atoms with E-state index in [2.05, 4.69) is 21.2 Å². The molecule has 2 rings (SSSR count). The van der Waals surface area contributed by atoms with Crippen LogP contribution in [0.1, 0.15) is 28.6 Å². The summed E-state index contributed by atoms with van der Waals surface area (Å²) >= 11 is 3.35. The summed E-state index contributed by atoms with van der Waals surface area (Å²) in [7, 11) is 3.44. The van der Waals surface area contributed by atoms with Crippen molar-refractivity contribution in [3.05, 3.63) is 52.3 Å². The Labute approximate surface area is 138 Å². The first-order chi connectivity index (χ1) is 10.5. The van der Waals surface area contributed by atoms with Crippen molar-refractivity contribution in [1.29, 1.82) is 0 Å². The lowest BCUT2D eigenvalue weighted by Gasteiger charge is -2.13. The van der Waals surface area contributed by atoms with Crippen LogP contribution in [0.3, 0.4) is 0 Å². The molecule has 0 saturated carbocycles. The average Bonchev–Trinajstić information content (AvgIpc) is 2.93. The molecule has 0 bridgehead atoms. The Hall–Kier alpha value is -1.79. The summed E-state index contributed by atoms with van der Waals surface area (Å²) in [4.78, 5) is 12.2. The van der Waals surface area contributed by atoms with Crippen molar-refractivity contribution in [2.45, 2.75) is 12.5 Å². The number of aryl methyl sites for hydroxylation is 1. The normalized spacial score (nSPS) is 12.0. The molecule has 5 nitrogen and oxygen atoms in total. The van der Waals surface area contributed by atoms with E-state index < -0.39 is 6.10 Å². The lowest BCUT2D eigenvalue weighted by atomic mass is 10.1. The number of hydrogen-bond donors (Lipinski definition) is 2. The van der Waals surface area contributed by atoms with Gasteiger partial charge in [0, 0.05) is 30.0 Å². The number of aliphatic hydroxyl groups excluding tert-OH is 1. The van der Waals surface area contributed by atoms with E-state index in [1.165, 1.54) is 0 Å². The molecule has 0 aliphatic carbocycles. The number of nitrogens with zero attached hydrogens (tertiary/aromatic N) is 1. The van der Waals surface area contributed by atoms with Crippen molar-refractivity contribution in [3.63, 3.8) is 0 Å². The van der Waals surface area contributed by atoms with Gasteiger partial charge in [-0.15, -0.1) is 0 Å². The van der Waals surface area contributed by atoms with Gasteiger partial charge >= 0.3 is 0 Å². The van der Waals surface area contributed by atoms with Crippen LogP contribution in [0.15, 0.2) is 41.0 Å². The maximum absolute atomic E-state index is 12.2. The minimum absolute atomic E-state index is 0.204. The number of rotatable bonds is 6. The van der Waals surface area contributed by atoms with Crippen LogP contribution in [0.25, 0.3) is 0 Å². The third-order valence-electron chi connectivity index (χ3n) is 3.45. The monoisotopic (exact) mass is 366 g/mol. The van der Waals surface area contributed by atoms with E-state index >= 15 is 0 Å². The Morgan fingerprint density at radius 2 is 2.23 bits per heavy atom. The molecule has 1 amide bonds. The molecule has 6 heteroatoms. The number of benzene rings is 1. The van der Waals surface area contributed by atoms with Crippen LogP contribution >= 0.6 is 15.9 Å². The van der Waals surface area contributed by atoms with Gasteiger partial charge in [0.05, 0.1) is 18.8 Å². The highest BCUT2D eigenvalue weighted by molar-refractivity contribution is 9.10. The summed E-state index contributed by atoms with van der Waals surface area (Å²) < 4.78 is 7.69. The minimum atomic E-state index is -0.603. The number of hydrogen-bond acceptors (Lipinski definition) is 3. The maximum Gasteiger partial charge on any atom is 0.252 e. The highest BCUT2D eigenvalue weighted by Crippen LogP contribution is 2.22. The van der Waals surface area contributed by atoms with E-state index in [1.54, 1.807) is 25.3 Å². The van der Waals surface area contributed by atoms with Crippen LogP contribution in [0.5, 0.6) is 5.75 Å². The molecule has 0 aliphatic heterocycles. The molecule has 0 spiro atoms. The molecule has 118 valence electrons. The molecule has 1 heterocycles. The zero-order chi connectivity index (χ0) is 16.1. The molecule has 1 aromatic heterocycles. The molecule has 0 fully saturated rings. The number of carbonyl (C=O) groups excluding carboxylic acids is 1. The second-order valence-corrected chi connectivity index (χ2v) is 5.80. The highest BCUT2D eigenvalue weighted by atomic mass is 79.9. The third kappa shape index (κ3) is 3.90. The summed E-state index contributed by atoms with van der Waals surface area (Å²) in [6.07, 6.45) is 1.73. The number of amides is 1. The first-order valence-electron chi connectivity index (χ1n) is 6.94. The van der Waals surface area contributed by atoms with Crippen molar-refractivity contribution < 1.29 is 14.6 Å². The van der Waals surface area contributed by atoms with Gasteiger partial charge in [0.15, 0.2) is 0 Å². The quantitative estimate of drug-likeness (QED) is 0.825. The number of aromatic nitrogens is 1. The van der Waals surface area contributed by atoms with Crippen molar-refractivity contribution in [2.24, 2.45) is 7.05 Å². The molecule has 0 aliphatic rings. The molecule has 0 radical (unpaired) electrons. The van der Waals surface area contributed by atoms with Crippen LogP contribution in [-0.4, -0.2) is 29.2 Å². The zero-order valence-corrected chi connectivity index (χ0v) is 14.1. The van der Waals surface area contributed by atoms with Crippen molar-refractivity contribution in [3.8, 4) is 5.75 Å². The fourth-order valence-electron chi connectivity index (χ4n) is 2.19. The van der Waals surface area contributed by atoms with Crippen molar-refractivity contribution >= 4 is 21.8 Å². The van der Waals surface area contributed by atoms with Crippen LogP contribution < -0.4 is 10.1 Å². The van der Waals surface area contributed by atoms with Gasteiger partial charge in [0.25, 0.3) is 5.91 Å². The second kappa shape index (κ2) is 7.47. The number of nitrogens with one attached hydrogen (secondary N) is 1. The van der Waals surface area contributed by atoms with Crippen molar-refractivity contribution in [2.75, 3.05) is 13.7 Å². The van der Waals surface area contributed by atoms with Gasteiger partial charge < -0.3 is 19.7 Å². The topological polar surface area (TPSA) is 63.5 Å². The molecule has 0 saturated heterocycles. The van der Waals surface area contributed by atoms with E-state index in [9.17, 15) is 9.90 Å². The molecular formula is C16H19BrN2O3. The van der Waals surface area contributed by atoms with E-state index in [-0.39, 0.29) is 5.91 Å². The van der Waals surface area contributed by atoms with Crippen molar-refractivity contribution in [1.82, 2.24) is 9.88 Å². The minimum Gasteiger partial charge on any atom is -0.497 e. The predicted octanol–water partition coefficient (Wildman–Crippen LogP) is 2.65. The summed E-state index contributed by atoms with van der Waals surface area (Å²) in [6.45, 7) is 0.384. The van der Waals surface area contributed by atoms with Crippen LogP contribution in [-0.2, 0) is 7.05 Å². The van der Waals surface area contributed by atoms with Gasteiger partial charge in [-0.25, -0.2) is 0 Å². The lowest BCUT2D eigenvalue weighted by Crippen LogP contribution is -2.26. The smallest absolute Gasteiger partial charge is 0.252 e.